The SMILES string of the molecule is CCCOCCOc1ccc(Oc2ccc(C3(CCCCc4ccc(Oc5ccc(O)cc5)cc4)C=Cc4c5c(c6cc7c(cc6c4O3)SC(C)(C)O7)-c3ccccc3C53CCC4(CCCCC4)CC3)cc2)cc1. The highest BCUT2D eigenvalue weighted by Gasteiger charge is 2.52. The summed E-state index contributed by atoms with van der Waals surface area (Å²) < 4.78 is 38.6. The summed E-state index contributed by atoms with van der Waals surface area (Å²) in [5.41, 5.74) is 8.94. The maximum atomic E-state index is 9.73. The van der Waals surface area contributed by atoms with Crippen molar-refractivity contribution >= 4 is 28.6 Å². The molecular formula is C66H68O7S. The van der Waals surface area contributed by atoms with Crippen LogP contribution in [0.5, 0.6) is 46.0 Å². The first-order valence-corrected chi connectivity index (χ1v) is 28.1. The Hall–Kier alpha value is -6.35. The molecule has 2 spiro atoms. The van der Waals surface area contributed by atoms with E-state index in [9.17, 15) is 5.11 Å². The highest BCUT2D eigenvalue weighted by molar-refractivity contribution is 8.00. The Morgan fingerprint density at radius 1 is 0.635 bits per heavy atom. The molecule has 0 amide bonds. The van der Waals surface area contributed by atoms with Gasteiger partial charge >= 0.3 is 0 Å². The third-order valence-electron chi connectivity index (χ3n) is 16.7. The molecule has 2 aliphatic heterocycles. The van der Waals surface area contributed by atoms with Gasteiger partial charge in [-0.15, -0.1) is 0 Å². The Kier molecular flexibility index (Phi) is 13.2. The molecule has 1 atom stereocenters. The zero-order chi connectivity index (χ0) is 50.3. The largest absolute Gasteiger partial charge is 0.508 e. The van der Waals surface area contributed by atoms with Crippen LogP contribution in [0.15, 0.2) is 144 Å². The number of unbranched alkanes of at least 4 members (excludes halogenated alkanes) is 1. The third-order valence-corrected chi connectivity index (χ3v) is 17.8. The molecule has 12 rings (SSSR count). The van der Waals surface area contributed by atoms with Gasteiger partial charge in [0.1, 0.15) is 52.6 Å². The van der Waals surface area contributed by atoms with Crippen LogP contribution in [0.3, 0.4) is 0 Å². The maximum absolute atomic E-state index is 9.73. The van der Waals surface area contributed by atoms with Crippen LogP contribution in [0, 0.1) is 5.41 Å². The fraction of sp³-hybridized carbons (Fsp3) is 0.364. The van der Waals surface area contributed by atoms with E-state index in [0.29, 0.717) is 24.4 Å². The van der Waals surface area contributed by atoms with Crippen molar-refractivity contribution in [3.05, 3.63) is 167 Å². The molecule has 8 heteroatoms. The van der Waals surface area contributed by atoms with Gasteiger partial charge in [-0.3, -0.25) is 0 Å². The maximum Gasteiger partial charge on any atom is 0.153 e. The topological polar surface area (TPSA) is 75.6 Å². The molecule has 380 valence electrons. The number of rotatable bonds is 16. The fourth-order valence-corrected chi connectivity index (χ4v) is 14.0. The Morgan fingerprint density at radius 2 is 1.30 bits per heavy atom. The number of hydrogen-bond acceptors (Lipinski definition) is 8. The van der Waals surface area contributed by atoms with E-state index < -0.39 is 5.60 Å². The highest BCUT2D eigenvalue weighted by Crippen LogP contribution is 2.66. The van der Waals surface area contributed by atoms with Gasteiger partial charge in [0.15, 0.2) is 10.5 Å². The summed E-state index contributed by atoms with van der Waals surface area (Å²) in [5, 5.41) is 12.1. The van der Waals surface area contributed by atoms with Gasteiger partial charge in [0, 0.05) is 23.0 Å². The lowest BCUT2D eigenvalue weighted by Crippen LogP contribution is -2.39. The Morgan fingerprint density at radius 3 is 2.01 bits per heavy atom. The van der Waals surface area contributed by atoms with E-state index in [0.717, 1.165) is 102 Å². The van der Waals surface area contributed by atoms with Crippen molar-refractivity contribution in [3.63, 3.8) is 0 Å². The van der Waals surface area contributed by atoms with Crippen molar-refractivity contribution in [2.45, 2.75) is 132 Å². The summed E-state index contributed by atoms with van der Waals surface area (Å²) in [7, 11) is 0. The van der Waals surface area contributed by atoms with Gasteiger partial charge in [-0.1, -0.05) is 92.6 Å². The molecule has 5 aliphatic rings. The monoisotopic (exact) mass is 1000 g/mol. The molecule has 2 fully saturated rings. The summed E-state index contributed by atoms with van der Waals surface area (Å²) in [6.45, 7) is 8.27. The van der Waals surface area contributed by atoms with Gasteiger partial charge in [-0.25, -0.2) is 0 Å². The second-order valence-electron chi connectivity index (χ2n) is 22.0. The van der Waals surface area contributed by atoms with Crippen molar-refractivity contribution in [2.24, 2.45) is 5.41 Å². The first kappa shape index (κ1) is 48.6. The molecule has 1 unspecified atom stereocenters. The van der Waals surface area contributed by atoms with Gasteiger partial charge < -0.3 is 33.5 Å². The van der Waals surface area contributed by atoms with Crippen molar-refractivity contribution in [3.8, 4) is 57.1 Å². The Balaban J connectivity index is 0.890. The molecule has 74 heavy (non-hydrogen) atoms. The lowest BCUT2D eigenvalue weighted by Gasteiger charge is -2.48. The van der Waals surface area contributed by atoms with Crippen LogP contribution in [0.25, 0.3) is 28.0 Å². The van der Waals surface area contributed by atoms with Crippen LogP contribution >= 0.6 is 11.8 Å². The predicted molar refractivity (Wildman–Crippen MR) is 298 cm³/mol. The number of aromatic hydroxyl groups is 1. The normalized spacial score (nSPS) is 19.3. The van der Waals surface area contributed by atoms with E-state index in [-0.39, 0.29) is 16.1 Å². The number of thioether (sulfide) groups is 1. The molecule has 1 N–H and O–H groups in total. The van der Waals surface area contributed by atoms with E-state index in [4.69, 9.17) is 28.4 Å². The molecular weight excluding hydrogens is 937 g/mol. The van der Waals surface area contributed by atoms with Gasteiger partial charge in [0.05, 0.1) is 11.5 Å². The minimum atomic E-state index is -0.742. The Labute approximate surface area is 441 Å². The predicted octanol–water partition coefficient (Wildman–Crippen LogP) is 17.7. The van der Waals surface area contributed by atoms with E-state index in [1.165, 1.54) is 83.7 Å². The molecule has 0 radical (unpaired) electrons. The smallest absolute Gasteiger partial charge is 0.153 e. The minimum Gasteiger partial charge on any atom is -0.508 e. The number of fused-ring (bicyclic) bond motifs is 11. The van der Waals surface area contributed by atoms with Crippen molar-refractivity contribution < 1.29 is 33.5 Å². The fourth-order valence-electron chi connectivity index (χ4n) is 13.0. The van der Waals surface area contributed by atoms with Crippen LogP contribution in [-0.4, -0.2) is 29.9 Å². The summed E-state index contributed by atoms with van der Waals surface area (Å²) in [6, 6.07) is 45.6. The number of hydrogen-bond donors (Lipinski definition) is 1. The quantitative estimate of drug-likeness (QED) is 0.0960. The standard InChI is InChI=1S/C66H68O7S/c1-4-40-68-41-42-69-48-27-29-52(30-28-48)71-50-23-17-46(18-24-50)66(34-11-8-12-45-15-21-49(22-16-45)70-51-25-19-47(67)20-26-51)35-31-54-61-60(55-43-58-59(74-63(2,3)72-58)44-56(55)62(54)73-66)53-13-6-7-14-57(53)65(61)38-36-64(37-39-65)32-9-5-10-33-64/h6-7,13-31,35,43-44,67H,4-5,8-12,32-34,36-42H2,1-3H3. The van der Waals surface area contributed by atoms with Crippen LogP contribution in [0.1, 0.15) is 132 Å². The van der Waals surface area contributed by atoms with Gasteiger partial charge in [-0.2, -0.15) is 0 Å². The average Bonchev–Trinajstić information content (AvgIpc) is 3.92. The second-order valence-corrected chi connectivity index (χ2v) is 23.6. The van der Waals surface area contributed by atoms with Gasteiger partial charge in [-0.05, 0) is 220 Å². The summed E-state index contributed by atoms with van der Waals surface area (Å²) in [5.74, 6) is 5.92. The van der Waals surface area contributed by atoms with E-state index in [1.807, 2.05) is 36.4 Å². The van der Waals surface area contributed by atoms with Gasteiger partial charge in [0.25, 0.3) is 0 Å². The minimum absolute atomic E-state index is 0.0918. The first-order valence-electron chi connectivity index (χ1n) is 27.3. The molecule has 0 aromatic heterocycles. The molecule has 7 aromatic rings. The number of phenols is 1. The molecule has 7 aromatic carbocycles. The molecule has 2 saturated carbocycles. The molecule has 3 aliphatic carbocycles. The van der Waals surface area contributed by atoms with E-state index >= 15 is 0 Å². The molecule has 7 nitrogen and oxygen atoms in total. The van der Waals surface area contributed by atoms with E-state index in [2.05, 4.69) is 106 Å². The lowest BCUT2D eigenvalue weighted by molar-refractivity contribution is 0.0933. The van der Waals surface area contributed by atoms with Crippen molar-refractivity contribution in [1.29, 1.82) is 0 Å². The zero-order valence-electron chi connectivity index (χ0n) is 43.2. The number of aryl methyl sites for hydroxylation is 1. The van der Waals surface area contributed by atoms with E-state index in [1.54, 1.807) is 36.0 Å². The number of benzene rings is 7. The van der Waals surface area contributed by atoms with Crippen molar-refractivity contribution in [1.82, 2.24) is 0 Å². The summed E-state index contributed by atoms with van der Waals surface area (Å²) in [6.07, 6.45) is 21.2. The number of phenolic OH excluding ortho intramolecular Hbond substituents is 1. The molecule has 0 bridgehead atoms. The average molecular weight is 1010 g/mol. The third kappa shape index (κ3) is 9.42. The second kappa shape index (κ2) is 20.1. The van der Waals surface area contributed by atoms with Crippen LogP contribution < -0.4 is 23.7 Å². The first-order chi connectivity index (χ1) is 36.1. The van der Waals surface area contributed by atoms with Gasteiger partial charge in [0.2, 0.25) is 0 Å². The van der Waals surface area contributed by atoms with Crippen LogP contribution in [0.2, 0.25) is 0 Å². The zero-order valence-corrected chi connectivity index (χ0v) is 44.0. The molecule has 0 saturated heterocycles. The Bertz CT molecular complexity index is 3160. The number of ether oxygens (including phenoxy) is 6. The lowest BCUT2D eigenvalue weighted by atomic mass is 9.56. The van der Waals surface area contributed by atoms with Crippen molar-refractivity contribution in [2.75, 3.05) is 19.8 Å². The highest BCUT2D eigenvalue weighted by atomic mass is 32.2. The van der Waals surface area contributed by atoms with Crippen LogP contribution in [0.4, 0.5) is 0 Å². The summed E-state index contributed by atoms with van der Waals surface area (Å²) in [4.78, 5) is 0.792. The summed E-state index contributed by atoms with van der Waals surface area (Å²) >= 11 is 1.79. The molecule has 2 heterocycles. The van der Waals surface area contributed by atoms with Crippen LogP contribution in [-0.2, 0) is 22.2 Å².